The largest absolute Gasteiger partial charge is 0.462 e. The van der Waals surface area contributed by atoms with Crippen LogP contribution in [0.1, 0.15) is 284 Å². The van der Waals surface area contributed by atoms with Crippen LogP contribution >= 0.6 is 0 Å². The van der Waals surface area contributed by atoms with E-state index in [0.717, 1.165) is 141 Å². The Bertz CT molecular complexity index is 1670. The molecule has 6 nitrogen and oxygen atoms in total. The maximum absolute atomic E-state index is 12.9. The van der Waals surface area contributed by atoms with Gasteiger partial charge in [0.2, 0.25) is 0 Å². The molecule has 0 saturated carbocycles. The highest BCUT2D eigenvalue weighted by molar-refractivity contribution is 5.71. The maximum Gasteiger partial charge on any atom is 0.306 e. The Labute approximate surface area is 481 Å². The molecule has 1 unspecified atom stereocenters. The van der Waals surface area contributed by atoms with Gasteiger partial charge >= 0.3 is 17.9 Å². The SMILES string of the molecule is CC/C=C\C/C=C\C/C=C\C/C=C\C/C=C\C/C=C\C/C=C\C/C=C\CCCCCCCCCCC(=O)OCC(COC(=O)CCCCCCCCCC)OC(=O)CCCCCCCC/C=C\C/C=C\C/C=C\CCCCC. The van der Waals surface area contributed by atoms with Gasteiger partial charge in [0.25, 0.3) is 0 Å². The lowest BCUT2D eigenvalue weighted by molar-refractivity contribution is -0.167. The topological polar surface area (TPSA) is 78.9 Å². The summed E-state index contributed by atoms with van der Waals surface area (Å²) in [5.41, 5.74) is 0. The first-order valence-corrected chi connectivity index (χ1v) is 32.2. The van der Waals surface area contributed by atoms with Gasteiger partial charge in [0.05, 0.1) is 0 Å². The highest BCUT2D eigenvalue weighted by Crippen LogP contribution is 2.15. The lowest BCUT2D eigenvalue weighted by Crippen LogP contribution is -2.30. The Hall–Kier alpha value is -4.45. The summed E-state index contributed by atoms with van der Waals surface area (Å²) in [5, 5.41) is 0. The van der Waals surface area contributed by atoms with Crippen molar-refractivity contribution < 1.29 is 28.6 Å². The third-order valence-electron chi connectivity index (χ3n) is 13.4. The third-order valence-corrected chi connectivity index (χ3v) is 13.4. The fourth-order valence-electron chi connectivity index (χ4n) is 8.58. The molecule has 0 aliphatic carbocycles. The van der Waals surface area contributed by atoms with E-state index in [4.69, 9.17) is 14.2 Å². The van der Waals surface area contributed by atoms with Crippen LogP contribution in [-0.4, -0.2) is 37.2 Å². The van der Waals surface area contributed by atoms with Gasteiger partial charge in [-0.2, -0.15) is 0 Å². The molecule has 0 aliphatic rings. The molecule has 0 heterocycles. The minimum Gasteiger partial charge on any atom is -0.462 e. The number of allylic oxidation sites excluding steroid dienone is 22. The number of hydrogen-bond donors (Lipinski definition) is 0. The molecule has 78 heavy (non-hydrogen) atoms. The maximum atomic E-state index is 12.9. The van der Waals surface area contributed by atoms with Crippen LogP contribution in [0.2, 0.25) is 0 Å². The average Bonchev–Trinajstić information content (AvgIpc) is 3.44. The van der Waals surface area contributed by atoms with Gasteiger partial charge in [-0.15, -0.1) is 0 Å². The van der Waals surface area contributed by atoms with Gasteiger partial charge in [-0.25, -0.2) is 0 Å². The molecule has 0 bridgehead atoms. The van der Waals surface area contributed by atoms with Crippen molar-refractivity contribution >= 4 is 17.9 Å². The van der Waals surface area contributed by atoms with E-state index in [0.29, 0.717) is 19.3 Å². The van der Waals surface area contributed by atoms with Crippen molar-refractivity contribution in [1.29, 1.82) is 0 Å². The second kappa shape index (κ2) is 65.1. The van der Waals surface area contributed by atoms with Gasteiger partial charge < -0.3 is 14.2 Å². The molecule has 0 spiro atoms. The molecule has 1 atom stereocenters. The van der Waals surface area contributed by atoms with E-state index >= 15 is 0 Å². The lowest BCUT2D eigenvalue weighted by Gasteiger charge is -2.18. The molecule has 0 aromatic carbocycles. The number of hydrogen-bond acceptors (Lipinski definition) is 6. The Morgan fingerprint density at radius 3 is 0.808 bits per heavy atom. The van der Waals surface area contributed by atoms with Gasteiger partial charge in [0.1, 0.15) is 13.2 Å². The molecule has 442 valence electrons. The number of esters is 3. The second-order valence-electron chi connectivity index (χ2n) is 20.9. The van der Waals surface area contributed by atoms with E-state index in [1.54, 1.807) is 0 Å². The molecule has 0 radical (unpaired) electrons. The molecular weight excluding hydrogens is 961 g/mol. The van der Waals surface area contributed by atoms with Crippen LogP contribution in [0.5, 0.6) is 0 Å². The number of ether oxygens (including phenoxy) is 3. The molecule has 6 heteroatoms. The zero-order valence-electron chi connectivity index (χ0n) is 50.6. The van der Waals surface area contributed by atoms with Crippen molar-refractivity contribution in [2.24, 2.45) is 0 Å². The van der Waals surface area contributed by atoms with E-state index in [1.807, 2.05) is 0 Å². The van der Waals surface area contributed by atoms with Crippen molar-refractivity contribution in [3.63, 3.8) is 0 Å². The molecule has 0 amide bonds. The fourth-order valence-corrected chi connectivity index (χ4v) is 8.58. The zero-order valence-corrected chi connectivity index (χ0v) is 50.6. The Morgan fingerprint density at radius 2 is 0.500 bits per heavy atom. The zero-order chi connectivity index (χ0) is 56.4. The van der Waals surface area contributed by atoms with Crippen LogP contribution in [-0.2, 0) is 28.6 Å². The second-order valence-corrected chi connectivity index (χ2v) is 20.9. The Morgan fingerprint density at radius 1 is 0.269 bits per heavy atom. The molecule has 0 aromatic rings. The smallest absolute Gasteiger partial charge is 0.306 e. The van der Waals surface area contributed by atoms with Crippen LogP contribution in [0.15, 0.2) is 134 Å². The molecular formula is C72H118O6. The highest BCUT2D eigenvalue weighted by atomic mass is 16.6. The summed E-state index contributed by atoms with van der Waals surface area (Å²) in [6.45, 7) is 6.45. The van der Waals surface area contributed by atoms with Gasteiger partial charge in [0, 0.05) is 19.3 Å². The Balaban J connectivity index is 4.21. The quantitative estimate of drug-likeness (QED) is 0.0261. The van der Waals surface area contributed by atoms with Crippen molar-refractivity contribution in [2.45, 2.75) is 290 Å². The fraction of sp³-hybridized carbons (Fsp3) is 0.653. The summed E-state index contributed by atoms with van der Waals surface area (Å²) >= 11 is 0. The van der Waals surface area contributed by atoms with Crippen molar-refractivity contribution in [1.82, 2.24) is 0 Å². The summed E-state index contributed by atoms with van der Waals surface area (Å²) in [4.78, 5) is 38.1. The van der Waals surface area contributed by atoms with Gasteiger partial charge in [-0.1, -0.05) is 276 Å². The Kier molecular flexibility index (Phi) is 61.4. The van der Waals surface area contributed by atoms with Crippen LogP contribution in [0, 0.1) is 0 Å². The number of carbonyl (C=O) groups is 3. The number of unbranched alkanes of at least 4 members (excludes halogenated alkanes) is 24. The van der Waals surface area contributed by atoms with E-state index in [2.05, 4.69) is 154 Å². The van der Waals surface area contributed by atoms with Gasteiger partial charge in [-0.3, -0.25) is 14.4 Å². The standard InChI is InChI=1S/C72H118O6/c1-4-7-10-13-16-19-21-23-25-27-29-30-31-32-33-34-35-36-37-38-39-40-41-42-44-45-47-49-51-53-56-59-62-65-71(74)77-68-69(67-76-70(73)64-61-58-55-18-15-12-9-6-3)78-72(75)66-63-60-57-54-52-50-48-46-43-28-26-24-22-20-17-14-11-8-5-2/h7,10,16-17,19-20,23-26,29-30,32-33,35-36,38-39,41-43,46,69H,4-6,8-9,11-15,18,21-22,27-28,31,34,37,40,44-45,47-68H2,1-3H3/b10-7-,19-16-,20-17-,25-23-,26-24-,30-29-,33-32-,36-35-,39-38-,42-41-,46-43-. The van der Waals surface area contributed by atoms with Crippen LogP contribution in [0.25, 0.3) is 0 Å². The molecule has 0 N–H and O–H groups in total. The lowest BCUT2D eigenvalue weighted by atomic mass is 10.1. The summed E-state index contributed by atoms with van der Waals surface area (Å²) in [7, 11) is 0. The summed E-state index contributed by atoms with van der Waals surface area (Å²) in [5.74, 6) is -0.912. The van der Waals surface area contributed by atoms with Gasteiger partial charge in [0.15, 0.2) is 6.10 Å². The van der Waals surface area contributed by atoms with Crippen molar-refractivity contribution in [3.8, 4) is 0 Å². The average molecular weight is 1080 g/mol. The van der Waals surface area contributed by atoms with Crippen LogP contribution in [0.4, 0.5) is 0 Å². The highest BCUT2D eigenvalue weighted by Gasteiger charge is 2.19. The number of carbonyl (C=O) groups excluding carboxylic acids is 3. The first-order valence-electron chi connectivity index (χ1n) is 32.2. The normalized spacial score (nSPS) is 13.0. The molecule has 0 rings (SSSR count). The predicted octanol–water partition coefficient (Wildman–Crippen LogP) is 22.2. The molecule has 0 saturated heterocycles. The van der Waals surface area contributed by atoms with E-state index in [9.17, 15) is 14.4 Å². The molecule has 0 fully saturated rings. The van der Waals surface area contributed by atoms with E-state index in [1.165, 1.54) is 103 Å². The van der Waals surface area contributed by atoms with Crippen molar-refractivity contribution in [3.05, 3.63) is 134 Å². The van der Waals surface area contributed by atoms with E-state index < -0.39 is 6.10 Å². The first kappa shape index (κ1) is 73.5. The van der Waals surface area contributed by atoms with Crippen molar-refractivity contribution in [2.75, 3.05) is 13.2 Å². The van der Waals surface area contributed by atoms with Crippen LogP contribution < -0.4 is 0 Å². The first-order chi connectivity index (χ1) is 38.5. The minimum absolute atomic E-state index is 0.0872. The summed E-state index contributed by atoms with van der Waals surface area (Å²) in [6, 6.07) is 0. The monoisotopic (exact) mass is 1080 g/mol. The predicted molar refractivity (Wildman–Crippen MR) is 339 cm³/mol. The molecule has 0 aliphatic heterocycles. The minimum atomic E-state index is -0.790. The van der Waals surface area contributed by atoms with E-state index in [-0.39, 0.29) is 31.1 Å². The number of rotatable bonds is 57. The van der Waals surface area contributed by atoms with Crippen LogP contribution in [0.3, 0.4) is 0 Å². The summed E-state index contributed by atoms with van der Waals surface area (Å²) < 4.78 is 16.8. The third kappa shape index (κ3) is 62.4. The summed E-state index contributed by atoms with van der Waals surface area (Å²) in [6.07, 6.45) is 91.8. The van der Waals surface area contributed by atoms with Gasteiger partial charge in [-0.05, 0) is 122 Å². The molecule has 0 aromatic heterocycles.